The van der Waals surface area contributed by atoms with E-state index in [4.69, 9.17) is 5.73 Å². The van der Waals surface area contributed by atoms with Gasteiger partial charge in [0.1, 0.15) is 0 Å². The highest BCUT2D eigenvalue weighted by Crippen LogP contribution is 2.18. The summed E-state index contributed by atoms with van der Waals surface area (Å²) in [6.07, 6.45) is 0.755. The van der Waals surface area contributed by atoms with Gasteiger partial charge in [0.25, 0.3) is 0 Å². The van der Waals surface area contributed by atoms with Crippen molar-refractivity contribution in [2.75, 3.05) is 24.6 Å². The maximum atomic E-state index is 12.3. The van der Waals surface area contributed by atoms with Crippen LogP contribution in [0.15, 0.2) is 0 Å². The van der Waals surface area contributed by atoms with E-state index in [1.165, 1.54) is 0 Å². The molecular weight excluding hydrogens is 252 g/mol. The quantitative estimate of drug-likeness (QED) is 0.798. The van der Waals surface area contributed by atoms with E-state index in [0.717, 1.165) is 6.42 Å². The number of rotatable bonds is 4. The normalized spacial score (nSPS) is 25.2. The predicted octanol–water partition coefficient (Wildman–Crippen LogP) is 0.253. The van der Waals surface area contributed by atoms with Crippen molar-refractivity contribution in [2.24, 2.45) is 17.6 Å². The minimum Gasteiger partial charge on any atom is -0.338 e. The molecule has 1 fully saturated rings. The molecule has 1 saturated heterocycles. The third-order valence-corrected chi connectivity index (χ3v) is 5.14. The van der Waals surface area contributed by atoms with Crippen LogP contribution in [0, 0.1) is 11.8 Å². The Bertz CT molecular complexity index is 392. The number of amides is 1. The Labute approximate surface area is 110 Å². The van der Waals surface area contributed by atoms with Gasteiger partial charge in [0, 0.05) is 19.1 Å². The van der Waals surface area contributed by atoms with Gasteiger partial charge in [-0.25, -0.2) is 8.42 Å². The molecule has 0 spiro atoms. The molecule has 0 aromatic heterocycles. The number of hydrogen-bond donors (Lipinski definition) is 1. The number of hydrogen-bond acceptors (Lipinski definition) is 4. The first-order chi connectivity index (χ1) is 8.26. The van der Waals surface area contributed by atoms with Gasteiger partial charge < -0.3 is 10.6 Å². The molecule has 0 aromatic carbocycles. The summed E-state index contributed by atoms with van der Waals surface area (Å²) in [4.78, 5) is 14.0. The van der Waals surface area contributed by atoms with Gasteiger partial charge >= 0.3 is 0 Å². The Kier molecular flexibility index (Phi) is 5.16. The van der Waals surface area contributed by atoms with E-state index in [-0.39, 0.29) is 29.4 Å². The summed E-state index contributed by atoms with van der Waals surface area (Å²) < 4.78 is 23.0. The minimum atomic E-state index is -2.98. The molecule has 106 valence electrons. The van der Waals surface area contributed by atoms with E-state index in [1.807, 2.05) is 0 Å². The van der Waals surface area contributed by atoms with E-state index in [0.29, 0.717) is 19.0 Å². The monoisotopic (exact) mass is 276 g/mol. The number of carbonyl (C=O) groups is 1. The van der Waals surface area contributed by atoms with Gasteiger partial charge in [-0.1, -0.05) is 13.8 Å². The number of sulfone groups is 1. The summed E-state index contributed by atoms with van der Waals surface area (Å²) in [7, 11) is -2.98. The third-order valence-electron chi connectivity index (χ3n) is 3.34. The van der Waals surface area contributed by atoms with Gasteiger partial charge in [0.2, 0.25) is 5.91 Å². The van der Waals surface area contributed by atoms with E-state index >= 15 is 0 Å². The SMILES string of the molecule is CC(C)CC(CN)C(=O)N1CCS(=O)(=O)CC1C. The molecule has 2 unspecified atom stereocenters. The fourth-order valence-electron chi connectivity index (χ4n) is 2.43. The summed E-state index contributed by atoms with van der Waals surface area (Å²) in [6.45, 7) is 6.53. The Morgan fingerprint density at radius 2 is 2.06 bits per heavy atom. The first kappa shape index (κ1) is 15.4. The average molecular weight is 276 g/mol. The molecule has 1 rings (SSSR count). The van der Waals surface area contributed by atoms with Crippen LogP contribution in [-0.4, -0.2) is 49.9 Å². The van der Waals surface area contributed by atoms with Crippen LogP contribution in [-0.2, 0) is 14.6 Å². The molecule has 0 bridgehead atoms. The molecule has 18 heavy (non-hydrogen) atoms. The van der Waals surface area contributed by atoms with Crippen molar-refractivity contribution in [3.05, 3.63) is 0 Å². The Morgan fingerprint density at radius 3 is 2.50 bits per heavy atom. The summed E-state index contributed by atoms with van der Waals surface area (Å²) in [5.74, 6) is 0.368. The molecule has 6 heteroatoms. The summed E-state index contributed by atoms with van der Waals surface area (Å²) in [6, 6.07) is -0.238. The predicted molar refractivity (Wildman–Crippen MR) is 71.8 cm³/mol. The Morgan fingerprint density at radius 1 is 1.44 bits per heavy atom. The molecule has 2 N–H and O–H groups in total. The highest BCUT2D eigenvalue weighted by atomic mass is 32.2. The first-order valence-corrected chi connectivity index (χ1v) is 8.30. The molecule has 5 nitrogen and oxygen atoms in total. The molecule has 0 saturated carbocycles. The zero-order valence-corrected chi connectivity index (χ0v) is 12.2. The van der Waals surface area contributed by atoms with Crippen molar-refractivity contribution in [2.45, 2.75) is 33.2 Å². The molecule has 2 atom stereocenters. The van der Waals surface area contributed by atoms with Gasteiger partial charge in [-0.2, -0.15) is 0 Å². The van der Waals surface area contributed by atoms with Crippen LogP contribution >= 0.6 is 0 Å². The summed E-state index contributed by atoms with van der Waals surface area (Å²) in [5.41, 5.74) is 5.66. The lowest BCUT2D eigenvalue weighted by Gasteiger charge is -2.35. The van der Waals surface area contributed by atoms with Crippen LogP contribution < -0.4 is 5.73 Å². The van der Waals surface area contributed by atoms with Crippen molar-refractivity contribution in [3.63, 3.8) is 0 Å². The lowest BCUT2D eigenvalue weighted by Crippen LogP contribution is -2.52. The summed E-state index contributed by atoms with van der Waals surface area (Å²) >= 11 is 0. The Hall–Kier alpha value is -0.620. The smallest absolute Gasteiger partial charge is 0.227 e. The minimum absolute atomic E-state index is 0.00796. The molecular formula is C12H24N2O3S. The van der Waals surface area contributed by atoms with Crippen molar-refractivity contribution in [1.29, 1.82) is 0 Å². The van der Waals surface area contributed by atoms with Crippen LogP contribution in [0.25, 0.3) is 0 Å². The highest BCUT2D eigenvalue weighted by molar-refractivity contribution is 7.91. The van der Waals surface area contributed by atoms with Crippen molar-refractivity contribution < 1.29 is 13.2 Å². The van der Waals surface area contributed by atoms with E-state index < -0.39 is 9.84 Å². The molecule has 1 heterocycles. The van der Waals surface area contributed by atoms with E-state index in [9.17, 15) is 13.2 Å². The Balaban J connectivity index is 2.71. The van der Waals surface area contributed by atoms with Gasteiger partial charge in [-0.3, -0.25) is 4.79 Å². The van der Waals surface area contributed by atoms with Crippen LogP contribution in [0.2, 0.25) is 0 Å². The molecule has 1 aliphatic rings. The van der Waals surface area contributed by atoms with E-state index in [2.05, 4.69) is 13.8 Å². The third kappa shape index (κ3) is 3.95. The maximum Gasteiger partial charge on any atom is 0.227 e. The molecule has 0 aliphatic carbocycles. The largest absolute Gasteiger partial charge is 0.338 e. The lowest BCUT2D eigenvalue weighted by atomic mass is 9.95. The first-order valence-electron chi connectivity index (χ1n) is 6.47. The van der Waals surface area contributed by atoms with Gasteiger partial charge in [-0.05, 0) is 19.3 Å². The van der Waals surface area contributed by atoms with Gasteiger partial charge in [0.05, 0.1) is 17.4 Å². The maximum absolute atomic E-state index is 12.3. The second-order valence-electron chi connectivity index (χ2n) is 5.56. The summed E-state index contributed by atoms with van der Waals surface area (Å²) in [5, 5.41) is 0. The fraction of sp³-hybridized carbons (Fsp3) is 0.917. The van der Waals surface area contributed by atoms with Crippen molar-refractivity contribution in [3.8, 4) is 0 Å². The second kappa shape index (κ2) is 6.02. The molecule has 0 aromatic rings. The second-order valence-corrected chi connectivity index (χ2v) is 7.79. The van der Waals surface area contributed by atoms with Gasteiger partial charge in [-0.15, -0.1) is 0 Å². The molecule has 0 radical (unpaired) electrons. The lowest BCUT2D eigenvalue weighted by molar-refractivity contribution is -0.137. The van der Waals surface area contributed by atoms with Crippen LogP contribution in [0.4, 0.5) is 0 Å². The van der Waals surface area contributed by atoms with Crippen LogP contribution in [0.1, 0.15) is 27.2 Å². The fourth-order valence-corrected chi connectivity index (χ4v) is 3.98. The number of nitrogens with zero attached hydrogens (tertiary/aromatic N) is 1. The number of carbonyl (C=O) groups excluding carboxylic acids is 1. The van der Waals surface area contributed by atoms with Crippen molar-refractivity contribution >= 4 is 15.7 Å². The average Bonchev–Trinajstić information content (AvgIpc) is 2.23. The number of nitrogens with two attached hydrogens (primary N) is 1. The highest BCUT2D eigenvalue weighted by Gasteiger charge is 2.34. The van der Waals surface area contributed by atoms with Crippen LogP contribution in [0.5, 0.6) is 0 Å². The topological polar surface area (TPSA) is 80.5 Å². The zero-order valence-electron chi connectivity index (χ0n) is 11.4. The van der Waals surface area contributed by atoms with Gasteiger partial charge in [0.15, 0.2) is 9.84 Å². The van der Waals surface area contributed by atoms with Crippen molar-refractivity contribution in [1.82, 2.24) is 4.90 Å². The van der Waals surface area contributed by atoms with E-state index in [1.54, 1.807) is 11.8 Å². The molecule has 1 amide bonds. The standard InChI is InChI=1S/C12H24N2O3S/c1-9(2)6-11(7-13)12(15)14-4-5-18(16,17)8-10(14)3/h9-11H,4-8,13H2,1-3H3. The molecule has 1 aliphatic heterocycles. The zero-order chi connectivity index (χ0) is 13.9. The van der Waals surface area contributed by atoms with Crippen LogP contribution in [0.3, 0.4) is 0 Å².